The van der Waals surface area contributed by atoms with Gasteiger partial charge in [0, 0.05) is 12.0 Å². The first-order valence-electron chi connectivity index (χ1n) is 8.28. The second-order valence-corrected chi connectivity index (χ2v) is 5.54. The van der Waals surface area contributed by atoms with Crippen LogP contribution in [0.15, 0.2) is 24.3 Å². The first-order chi connectivity index (χ1) is 11.2. The maximum atomic E-state index is 10.4. The third-order valence-electron chi connectivity index (χ3n) is 3.74. The lowest BCUT2D eigenvalue weighted by Crippen LogP contribution is -1.93. The summed E-state index contributed by atoms with van der Waals surface area (Å²) in [6.07, 6.45) is 12.0. The van der Waals surface area contributed by atoms with Gasteiger partial charge in [0.25, 0.3) is 0 Å². The minimum absolute atomic E-state index is 0.297. The van der Waals surface area contributed by atoms with Crippen molar-refractivity contribution >= 4 is 12.0 Å². The van der Waals surface area contributed by atoms with Gasteiger partial charge in [0.2, 0.25) is 0 Å². The van der Waals surface area contributed by atoms with E-state index in [-0.39, 0.29) is 0 Å². The molecule has 0 amide bonds. The minimum Gasteiger partial charge on any atom is -0.493 e. The lowest BCUT2D eigenvalue weighted by atomic mass is 10.1. The van der Waals surface area contributed by atoms with Gasteiger partial charge in [-0.05, 0) is 25.3 Å². The highest BCUT2D eigenvalue weighted by Crippen LogP contribution is 2.31. The second-order valence-electron chi connectivity index (χ2n) is 5.54. The molecule has 0 heterocycles. The van der Waals surface area contributed by atoms with Gasteiger partial charge >= 0.3 is 5.97 Å². The fourth-order valence-electron chi connectivity index (χ4n) is 2.50. The molecule has 0 aliphatic carbocycles. The molecule has 4 heteroatoms. The lowest BCUT2D eigenvalue weighted by Gasteiger charge is -2.09. The van der Waals surface area contributed by atoms with Gasteiger partial charge in [-0.2, -0.15) is 0 Å². The molecule has 0 saturated carbocycles. The van der Waals surface area contributed by atoms with Crippen molar-refractivity contribution in [3.05, 3.63) is 29.8 Å². The minimum atomic E-state index is -0.692. The van der Waals surface area contributed by atoms with Crippen molar-refractivity contribution in [1.29, 1.82) is 0 Å². The van der Waals surface area contributed by atoms with Gasteiger partial charge in [0.05, 0.1) is 14.2 Å². The van der Waals surface area contributed by atoms with Crippen molar-refractivity contribution in [2.45, 2.75) is 51.4 Å². The Balaban J connectivity index is 2.21. The molecule has 1 aromatic carbocycles. The van der Waals surface area contributed by atoms with Gasteiger partial charge in [-0.25, -0.2) is 0 Å². The number of carboxylic acid groups (broad SMARTS) is 1. The topological polar surface area (TPSA) is 55.8 Å². The van der Waals surface area contributed by atoms with Crippen LogP contribution >= 0.6 is 0 Å². The molecule has 0 spiro atoms. The first-order valence-corrected chi connectivity index (χ1v) is 8.28. The van der Waals surface area contributed by atoms with Crippen LogP contribution in [0.1, 0.15) is 56.9 Å². The van der Waals surface area contributed by atoms with Gasteiger partial charge in [0.15, 0.2) is 11.5 Å². The number of allylic oxidation sites excluding steroid dienone is 1. The summed E-state index contributed by atoms with van der Waals surface area (Å²) in [6, 6.07) is 5.86. The van der Waals surface area contributed by atoms with Crippen LogP contribution in [-0.4, -0.2) is 25.3 Å². The van der Waals surface area contributed by atoms with Crippen molar-refractivity contribution in [1.82, 2.24) is 0 Å². The van der Waals surface area contributed by atoms with Gasteiger partial charge < -0.3 is 14.6 Å². The van der Waals surface area contributed by atoms with Crippen molar-refractivity contribution in [2.24, 2.45) is 0 Å². The van der Waals surface area contributed by atoms with E-state index in [4.69, 9.17) is 14.6 Å². The van der Waals surface area contributed by atoms with E-state index in [1.165, 1.54) is 12.8 Å². The number of benzene rings is 1. The molecule has 0 bridgehead atoms. The third-order valence-corrected chi connectivity index (χ3v) is 3.74. The zero-order valence-corrected chi connectivity index (χ0v) is 14.2. The maximum Gasteiger partial charge on any atom is 0.303 e. The number of ether oxygens (including phenoxy) is 2. The highest BCUT2D eigenvalue weighted by molar-refractivity contribution is 5.66. The molecule has 1 rings (SSSR count). The van der Waals surface area contributed by atoms with E-state index in [1.54, 1.807) is 14.2 Å². The number of aliphatic carboxylic acids is 1. The molecule has 0 radical (unpaired) electrons. The predicted molar refractivity (Wildman–Crippen MR) is 93.2 cm³/mol. The summed E-state index contributed by atoms with van der Waals surface area (Å²) in [4.78, 5) is 10.4. The summed E-state index contributed by atoms with van der Waals surface area (Å²) in [7, 11) is 3.29. The number of methoxy groups -OCH3 is 2. The Morgan fingerprint density at radius 3 is 2.39 bits per heavy atom. The van der Waals surface area contributed by atoms with Crippen LogP contribution in [0.3, 0.4) is 0 Å². The predicted octanol–water partition coefficient (Wildman–Crippen LogP) is 4.92. The zero-order valence-electron chi connectivity index (χ0n) is 14.2. The Morgan fingerprint density at radius 1 is 1.04 bits per heavy atom. The van der Waals surface area contributed by atoms with E-state index in [9.17, 15) is 4.79 Å². The first kappa shape index (κ1) is 19.1. The number of carbonyl (C=O) groups is 1. The SMILES string of the molecule is COc1cccc(C=CCCCCCCCCC(=O)O)c1OC. The van der Waals surface area contributed by atoms with Crippen molar-refractivity contribution < 1.29 is 19.4 Å². The summed E-state index contributed by atoms with van der Waals surface area (Å²) in [6.45, 7) is 0. The van der Waals surface area contributed by atoms with E-state index < -0.39 is 5.97 Å². The molecule has 1 aromatic rings. The molecule has 0 aliphatic rings. The molecule has 23 heavy (non-hydrogen) atoms. The third kappa shape index (κ3) is 7.73. The van der Waals surface area contributed by atoms with Gasteiger partial charge in [0.1, 0.15) is 0 Å². The molecule has 0 aliphatic heterocycles. The number of hydrogen-bond donors (Lipinski definition) is 1. The molecule has 1 N–H and O–H groups in total. The van der Waals surface area contributed by atoms with E-state index in [0.29, 0.717) is 6.42 Å². The lowest BCUT2D eigenvalue weighted by molar-refractivity contribution is -0.137. The number of hydrogen-bond acceptors (Lipinski definition) is 3. The number of carboxylic acids is 1. The largest absolute Gasteiger partial charge is 0.493 e. The van der Waals surface area contributed by atoms with Crippen LogP contribution in [-0.2, 0) is 4.79 Å². The summed E-state index contributed by atoms with van der Waals surface area (Å²) in [5.41, 5.74) is 1.03. The molecule has 0 aromatic heterocycles. The molecular formula is C19H28O4. The van der Waals surface area contributed by atoms with Crippen LogP contribution in [0.25, 0.3) is 6.08 Å². The Labute approximate surface area is 139 Å². The fraction of sp³-hybridized carbons (Fsp3) is 0.526. The Hall–Kier alpha value is -1.97. The normalized spacial score (nSPS) is 10.9. The summed E-state index contributed by atoms with van der Waals surface area (Å²) in [5.74, 6) is 0.823. The Kier molecular flexibility index (Phi) is 9.60. The van der Waals surface area contributed by atoms with Crippen molar-refractivity contribution in [3.63, 3.8) is 0 Å². The van der Waals surface area contributed by atoms with E-state index in [0.717, 1.165) is 49.2 Å². The van der Waals surface area contributed by atoms with E-state index in [1.807, 2.05) is 18.2 Å². The van der Waals surface area contributed by atoms with Crippen LogP contribution in [0.4, 0.5) is 0 Å². The van der Waals surface area contributed by atoms with Gasteiger partial charge in [-0.3, -0.25) is 4.79 Å². The molecule has 128 valence electrons. The number of rotatable bonds is 12. The van der Waals surface area contributed by atoms with Gasteiger partial charge in [-0.15, -0.1) is 0 Å². The Bertz CT molecular complexity index is 494. The number of para-hydroxylation sites is 1. The van der Waals surface area contributed by atoms with Gasteiger partial charge in [-0.1, -0.05) is 50.0 Å². The zero-order chi connectivity index (χ0) is 16.9. The van der Waals surface area contributed by atoms with Crippen LogP contribution in [0, 0.1) is 0 Å². The fourth-order valence-corrected chi connectivity index (χ4v) is 2.50. The average molecular weight is 320 g/mol. The maximum absolute atomic E-state index is 10.4. The molecule has 0 unspecified atom stereocenters. The monoisotopic (exact) mass is 320 g/mol. The van der Waals surface area contributed by atoms with E-state index >= 15 is 0 Å². The standard InChI is InChI=1S/C19H28O4/c1-22-17-14-11-13-16(19(17)23-2)12-9-7-5-3-4-6-8-10-15-18(20)21/h9,11-14H,3-8,10,15H2,1-2H3,(H,20,21). The van der Waals surface area contributed by atoms with Crippen molar-refractivity contribution in [3.8, 4) is 11.5 Å². The quantitative estimate of drug-likeness (QED) is 0.555. The average Bonchev–Trinajstić information content (AvgIpc) is 2.55. The van der Waals surface area contributed by atoms with Crippen molar-refractivity contribution in [2.75, 3.05) is 14.2 Å². The highest BCUT2D eigenvalue weighted by atomic mass is 16.5. The second kappa shape index (κ2) is 11.6. The molecule has 4 nitrogen and oxygen atoms in total. The Morgan fingerprint density at radius 2 is 1.74 bits per heavy atom. The summed E-state index contributed by atoms with van der Waals surface area (Å²) >= 11 is 0. The molecule has 0 atom stereocenters. The number of unbranched alkanes of at least 4 members (excludes halogenated alkanes) is 6. The molecular weight excluding hydrogens is 292 g/mol. The van der Waals surface area contributed by atoms with E-state index in [2.05, 4.69) is 12.2 Å². The van der Waals surface area contributed by atoms with Crippen LogP contribution in [0.5, 0.6) is 11.5 Å². The summed E-state index contributed by atoms with van der Waals surface area (Å²) < 4.78 is 10.7. The highest BCUT2D eigenvalue weighted by Gasteiger charge is 2.06. The molecule has 0 saturated heterocycles. The molecule has 0 fully saturated rings. The summed E-state index contributed by atoms with van der Waals surface area (Å²) in [5, 5.41) is 8.55. The van der Waals surface area contributed by atoms with Crippen LogP contribution < -0.4 is 9.47 Å². The van der Waals surface area contributed by atoms with Crippen LogP contribution in [0.2, 0.25) is 0 Å². The smallest absolute Gasteiger partial charge is 0.303 e.